The Labute approximate surface area is 124 Å². The highest BCUT2D eigenvalue weighted by Gasteiger charge is 2.17. The first-order chi connectivity index (χ1) is 9.63. The van der Waals surface area contributed by atoms with Gasteiger partial charge in [-0.25, -0.2) is 0 Å². The van der Waals surface area contributed by atoms with Gasteiger partial charge in [-0.15, -0.1) is 0 Å². The molecule has 104 valence electrons. The van der Waals surface area contributed by atoms with E-state index in [-0.39, 0.29) is 22.9 Å². The minimum absolute atomic E-state index is 0.0247. The van der Waals surface area contributed by atoms with Gasteiger partial charge in [0.2, 0.25) is 0 Å². The minimum Gasteiger partial charge on any atom is -0.507 e. The second-order valence-electron chi connectivity index (χ2n) is 3.89. The van der Waals surface area contributed by atoms with E-state index in [0.29, 0.717) is 12.2 Å². The first-order valence-corrected chi connectivity index (χ1v) is 6.76. The molecular weight excluding hydrogens is 324 g/mol. The van der Waals surface area contributed by atoms with E-state index in [4.69, 9.17) is 4.84 Å². The Morgan fingerprint density at radius 3 is 2.80 bits per heavy atom. The Balaban J connectivity index is 2.60. The molecule has 0 saturated carbocycles. The van der Waals surface area contributed by atoms with Crippen molar-refractivity contribution in [3.05, 3.63) is 52.3 Å². The summed E-state index contributed by atoms with van der Waals surface area (Å²) in [6, 6.07) is 8.02. The van der Waals surface area contributed by atoms with Gasteiger partial charge in [0.05, 0.1) is 0 Å². The average Bonchev–Trinajstić information content (AvgIpc) is 2.44. The predicted octanol–water partition coefficient (Wildman–Crippen LogP) is 3.04. The maximum Gasteiger partial charge on any atom is 0.143 e. The van der Waals surface area contributed by atoms with Crippen LogP contribution >= 0.6 is 15.9 Å². The van der Waals surface area contributed by atoms with Gasteiger partial charge in [0, 0.05) is 16.2 Å². The monoisotopic (exact) mass is 336 g/mol. The molecule has 1 heterocycles. The molecule has 2 aromatic rings. The molecule has 0 unspecified atom stereocenters. The number of phenolic OH excluding ortho intramolecular Hbond substituents is 1. The van der Waals surface area contributed by atoms with Crippen molar-refractivity contribution in [3.8, 4) is 11.5 Å². The third kappa shape index (κ3) is 3.08. The highest BCUT2D eigenvalue weighted by Crippen LogP contribution is 2.27. The van der Waals surface area contributed by atoms with Crippen molar-refractivity contribution in [2.24, 2.45) is 5.16 Å². The van der Waals surface area contributed by atoms with Gasteiger partial charge in [-0.1, -0.05) is 21.1 Å². The van der Waals surface area contributed by atoms with Crippen LogP contribution in [0.2, 0.25) is 0 Å². The van der Waals surface area contributed by atoms with Crippen molar-refractivity contribution in [3.63, 3.8) is 0 Å². The third-order valence-corrected chi connectivity index (χ3v) is 3.00. The van der Waals surface area contributed by atoms with Gasteiger partial charge < -0.3 is 15.1 Å². The number of nitrogens with zero attached hydrogens (tertiary/aromatic N) is 2. The fraction of sp³-hybridized carbons (Fsp3) is 0.143. The van der Waals surface area contributed by atoms with E-state index in [2.05, 4.69) is 26.1 Å². The van der Waals surface area contributed by atoms with Crippen LogP contribution in [0.3, 0.4) is 0 Å². The summed E-state index contributed by atoms with van der Waals surface area (Å²) in [6.45, 7) is 2.16. The van der Waals surface area contributed by atoms with Crippen molar-refractivity contribution in [2.75, 3.05) is 6.61 Å². The lowest BCUT2D eigenvalue weighted by Gasteiger charge is -2.09. The van der Waals surface area contributed by atoms with Crippen LogP contribution in [0.25, 0.3) is 0 Å². The topological polar surface area (TPSA) is 74.9 Å². The Morgan fingerprint density at radius 2 is 2.10 bits per heavy atom. The Bertz CT molecular complexity index is 644. The summed E-state index contributed by atoms with van der Waals surface area (Å²) < 4.78 is 0.768. The number of hydrogen-bond donors (Lipinski definition) is 2. The van der Waals surface area contributed by atoms with Gasteiger partial charge in [-0.05, 0) is 37.3 Å². The summed E-state index contributed by atoms with van der Waals surface area (Å²) in [4.78, 5) is 9.16. The van der Waals surface area contributed by atoms with Crippen molar-refractivity contribution in [1.82, 2.24) is 4.98 Å². The molecule has 20 heavy (non-hydrogen) atoms. The molecule has 0 radical (unpaired) electrons. The van der Waals surface area contributed by atoms with Crippen molar-refractivity contribution >= 4 is 21.6 Å². The highest BCUT2D eigenvalue weighted by atomic mass is 79.9. The Kier molecular flexibility index (Phi) is 4.57. The van der Waals surface area contributed by atoms with Crippen LogP contribution in [0, 0.1) is 0 Å². The lowest BCUT2D eigenvalue weighted by Crippen LogP contribution is -2.07. The summed E-state index contributed by atoms with van der Waals surface area (Å²) >= 11 is 3.33. The number of hydrogen-bond acceptors (Lipinski definition) is 5. The molecule has 1 aromatic heterocycles. The summed E-state index contributed by atoms with van der Waals surface area (Å²) in [5.74, 6) is -0.0120. The number of oxime groups is 1. The first kappa shape index (κ1) is 14.3. The van der Waals surface area contributed by atoms with Gasteiger partial charge in [0.15, 0.2) is 0 Å². The lowest BCUT2D eigenvalue weighted by atomic mass is 10.1. The van der Waals surface area contributed by atoms with E-state index in [0.717, 1.165) is 4.47 Å². The zero-order valence-electron chi connectivity index (χ0n) is 10.7. The van der Waals surface area contributed by atoms with Crippen LogP contribution in [-0.2, 0) is 4.84 Å². The molecule has 2 rings (SSSR count). The van der Waals surface area contributed by atoms with Crippen LogP contribution < -0.4 is 0 Å². The molecule has 0 spiro atoms. The van der Waals surface area contributed by atoms with Gasteiger partial charge in [0.25, 0.3) is 0 Å². The number of aromatic hydroxyl groups is 2. The second kappa shape index (κ2) is 6.38. The molecule has 0 aliphatic heterocycles. The van der Waals surface area contributed by atoms with Crippen molar-refractivity contribution in [1.29, 1.82) is 0 Å². The quantitative estimate of drug-likeness (QED) is 0.664. The lowest BCUT2D eigenvalue weighted by molar-refractivity contribution is 0.159. The van der Waals surface area contributed by atoms with Crippen molar-refractivity contribution < 1.29 is 15.1 Å². The largest absolute Gasteiger partial charge is 0.507 e. The number of halogens is 1. The molecule has 6 heteroatoms. The molecule has 0 aliphatic carbocycles. The highest BCUT2D eigenvalue weighted by molar-refractivity contribution is 9.10. The van der Waals surface area contributed by atoms with E-state index in [1.54, 1.807) is 25.1 Å². The number of rotatable bonds is 4. The standard InChI is InChI=1S/C14H13BrN2O3/c1-2-20-17-13(14-12(19)4-3-7-16-14)10-8-9(15)5-6-11(10)18/h3-8,18-19H,2H2,1H3. The predicted molar refractivity (Wildman–Crippen MR) is 79.0 cm³/mol. The molecule has 5 nitrogen and oxygen atoms in total. The van der Waals surface area contributed by atoms with E-state index in [1.807, 2.05) is 0 Å². The number of benzene rings is 1. The van der Waals surface area contributed by atoms with Crippen LogP contribution in [-0.4, -0.2) is 27.5 Å². The summed E-state index contributed by atoms with van der Waals surface area (Å²) in [5, 5.41) is 23.9. The maximum absolute atomic E-state index is 9.99. The Hall–Kier alpha value is -2.08. The van der Waals surface area contributed by atoms with Crippen LogP contribution in [0.5, 0.6) is 11.5 Å². The summed E-state index contributed by atoms with van der Waals surface area (Å²) in [5.41, 5.74) is 0.930. The van der Waals surface area contributed by atoms with E-state index in [9.17, 15) is 10.2 Å². The zero-order valence-corrected chi connectivity index (χ0v) is 12.3. The average molecular weight is 337 g/mol. The smallest absolute Gasteiger partial charge is 0.143 e. The fourth-order valence-electron chi connectivity index (χ4n) is 1.63. The van der Waals surface area contributed by atoms with Gasteiger partial charge in [0.1, 0.15) is 29.5 Å². The number of phenols is 1. The zero-order chi connectivity index (χ0) is 14.5. The fourth-order valence-corrected chi connectivity index (χ4v) is 1.99. The first-order valence-electron chi connectivity index (χ1n) is 5.96. The summed E-state index contributed by atoms with van der Waals surface area (Å²) in [6.07, 6.45) is 1.53. The van der Waals surface area contributed by atoms with Gasteiger partial charge in [-0.3, -0.25) is 4.98 Å². The molecule has 1 aromatic carbocycles. The molecule has 0 fully saturated rings. The Morgan fingerprint density at radius 1 is 1.30 bits per heavy atom. The van der Waals surface area contributed by atoms with Gasteiger partial charge in [-0.2, -0.15) is 0 Å². The second-order valence-corrected chi connectivity index (χ2v) is 4.81. The number of pyridine rings is 1. The van der Waals surface area contributed by atoms with E-state index >= 15 is 0 Å². The van der Waals surface area contributed by atoms with Crippen LogP contribution in [0.15, 0.2) is 46.2 Å². The molecule has 0 atom stereocenters. The van der Waals surface area contributed by atoms with E-state index in [1.165, 1.54) is 18.3 Å². The minimum atomic E-state index is -0.0367. The van der Waals surface area contributed by atoms with Crippen LogP contribution in [0.4, 0.5) is 0 Å². The molecular formula is C14H13BrN2O3. The number of aromatic nitrogens is 1. The maximum atomic E-state index is 9.99. The normalized spacial score (nSPS) is 11.4. The SMILES string of the molecule is CCON=C(c1cc(Br)ccc1O)c1ncccc1O. The molecule has 0 bridgehead atoms. The molecule has 0 saturated heterocycles. The van der Waals surface area contributed by atoms with Crippen molar-refractivity contribution in [2.45, 2.75) is 6.92 Å². The summed E-state index contributed by atoms with van der Waals surface area (Å²) in [7, 11) is 0. The molecule has 2 N–H and O–H groups in total. The van der Waals surface area contributed by atoms with E-state index < -0.39 is 0 Å². The van der Waals surface area contributed by atoms with Crippen LogP contribution in [0.1, 0.15) is 18.2 Å². The molecule has 0 aliphatic rings. The molecule has 0 amide bonds. The third-order valence-electron chi connectivity index (χ3n) is 2.51. The van der Waals surface area contributed by atoms with Gasteiger partial charge >= 0.3 is 0 Å².